The number of aromatic amines is 2. The summed E-state index contributed by atoms with van der Waals surface area (Å²) in [5, 5.41) is 0. The molecule has 0 radical (unpaired) electrons. The third kappa shape index (κ3) is 8.07. The minimum absolute atomic E-state index is 0.437. The van der Waals surface area contributed by atoms with Gasteiger partial charge in [-0.15, -0.1) is 0 Å². The van der Waals surface area contributed by atoms with E-state index in [9.17, 15) is 87.8 Å². The van der Waals surface area contributed by atoms with Crippen LogP contribution in [0.4, 0.5) is 123 Å². The highest BCUT2D eigenvalue weighted by Crippen LogP contribution is 2.61. The first-order chi connectivity index (χ1) is 30.0. The Balaban J connectivity index is 2.35. The van der Waals surface area contributed by atoms with Crippen molar-refractivity contribution in [3.63, 3.8) is 0 Å². The van der Waals surface area contributed by atoms with Gasteiger partial charge in [-0.2, -0.15) is 123 Å². The number of hydrogen-bond donors (Lipinski definition) is 2. The van der Waals surface area contributed by atoms with Crippen LogP contribution >= 0.6 is 90.4 Å². The second-order valence-electron chi connectivity index (χ2n) is 13.5. The van der Waals surface area contributed by atoms with Crippen LogP contribution in [0.25, 0.3) is 36.4 Å². The Hall–Kier alpha value is -2.44. The molecule has 0 fully saturated rings. The Labute approximate surface area is 408 Å². The molecule has 36 heteroatoms. The lowest BCUT2D eigenvalue weighted by Gasteiger charge is -2.29. The average Bonchev–Trinajstić information content (AvgIpc) is 3.93. The standard InChI is InChI=1S/C32H6F28I4N4/c33-21(34,25(41,42)29(49,50)51)9-5-1-2-6(65-5)10(22(35,36)26(43,44)30(52,53)54)18-15(63)16(64)20(68-18)12(24(39,40)28(47,48)32(58,59)60)8-4-3-7(66-8)11(19-14(62)13(61)17(9)67-19)23(37,38)27(45,46)31(55,56)57/h1-4,65-66H. The van der Waals surface area contributed by atoms with Gasteiger partial charge in [-0.25, -0.2) is 9.97 Å². The van der Waals surface area contributed by atoms with Gasteiger partial charge in [-0.05, 0) is 115 Å². The molecule has 5 heterocycles. The molecule has 5 rings (SSSR count). The smallest absolute Gasteiger partial charge is 0.355 e. The van der Waals surface area contributed by atoms with Crippen molar-refractivity contribution < 1.29 is 123 Å². The van der Waals surface area contributed by atoms with Crippen molar-refractivity contribution in [3.8, 4) is 0 Å². The molecular formula is C32H6F28I4N4. The topological polar surface area (TPSA) is 57.4 Å². The predicted octanol–water partition coefficient (Wildman–Crippen LogP) is 16.9. The minimum Gasteiger partial charge on any atom is -0.355 e. The van der Waals surface area contributed by atoms with E-state index in [1.807, 2.05) is 0 Å². The predicted molar refractivity (Wildman–Crippen MR) is 210 cm³/mol. The van der Waals surface area contributed by atoms with Crippen molar-refractivity contribution >= 4 is 127 Å². The number of nitrogens with one attached hydrogen (secondary N) is 2. The Morgan fingerprint density at radius 3 is 0.559 bits per heavy atom. The molecule has 378 valence electrons. The summed E-state index contributed by atoms with van der Waals surface area (Å²) >= 11 is 1.97. The van der Waals surface area contributed by atoms with Gasteiger partial charge in [-0.3, -0.25) is 0 Å². The van der Waals surface area contributed by atoms with Gasteiger partial charge in [0.05, 0.1) is 81.4 Å². The quantitative estimate of drug-likeness (QED) is 0.174. The van der Waals surface area contributed by atoms with E-state index in [0.717, 1.165) is 9.97 Å². The van der Waals surface area contributed by atoms with Crippen LogP contribution in [0.15, 0.2) is 24.3 Å². The van der Waals surface area contributed by atoms with Crippen molar-refractivity contribution in [3.05, 3.63) is 69.3 Å². The molecular weight excluding hydrogens is 1480 g/mol. The lowest BCUT2D eigenvalue weighted by Crippen LogP contribution is -2.50. The van der Waals surface area contributed by atoms with Crippen LogP contribution in [0.5, 0.6) is 0 Å². The highest BCUT2D eigenvalue weighted by Gasteiger charge is 2.78. The number of H-pyrrole nitrogens is 2. The molecule has 2 N–H and O–H groups in total. The maximum Gasteiger partial charge on any atom is 0.460 e. The molecule has 3 aromatic heterocycles. The van der Waals surface area contributed by atoms with Crippen molar-refractivity contribution in [1.82, 2.24) is 19.9 Å². The number of fused-ring (bicyclic) bond motifs is 8. The van der Waals surface area contributed by atoms with Crippen LogP contribution in [0.1, 0.15) is 45.0 Å². The van der Waals surface area contributed by atoms with E-state index >= 15 is 35.1 Å². The summed E-state index contributed by atoms with van der Waals surface area (Å²) in [6.07, 6.45) is -29.9. The molecule has 2 aliphatic heterocycles. The maximum atomic E-state index is 16.0. The first-order valence-corrected chi connectivity index (χ1v) is 20.6. The summed E-state index contributed by atoms with van der Waals surface area (Å²) in [7, 11) is 0. The largest absolute Gasteiger partial charge is 0.460 e. The van der Waals surface area contributed by atoms with Crippen LogP contribution < -0.4 is 0 Å². The molecule has 2 aliphatic rings. The van der Waals surface area contributed by atoms with E-state index in [1.165, 1.54) is 0 Å². The summed E-state index contributed by atoms with van der Waals surface area (Å²) in [5.74, 6) is -58.5. The monoisotopic (exact) mass is 1490 g/mol. The third-order valence-corrected chi connectivity index (χ3v) is 15.6. The molecule has 0 aromatic carbocycles. The van der Waals surface area contributed by atoms with Crippen molar-refractivity contribution in [2.75, 3.05) is 0 Å². The van der Waals surface area contributed by atoms with Gasteiger partial charge >= 0.3 is 72.1 Å². The number of halogens is 32. The molecule has 8 bridgehead atoms. The molecule has 4 nitrogen and oxygen atoms in total. The second-order valence-corrected chi connectivity index (χ2v) is 17.8. The molecule has 0 atom stereocenters. The zero-order valence-electron chi connectivity index (χ0n) is 30.3. The number of alkyl halides is 28. The number of rotatable bonds is 8. The van der Waals surface area contributed by atoms with Crippen LogP contribution in [-0.2, 0) is 23.7 Å². The van der Waals surface area contributed by atoms with E-state index in [2.05, 4.69) is 9.97 Å². The van der Waals surface area contributed by atoms with Gasteiger partial charge in [0.1, 0.15) is 0 Å². The Bertz CT molecular complexity index is 2440. The molecule has 0 aliphatic carbocycles. The van der Waals surface area contributed by atoms with Gasteiger partial charge in [0, 0.05) is 0 Å². The zero-order chi connectivity index (χ0) is 52.9. The summed E-state index contributed by atoms with van der Waals surface area (Å²) < 4.78 is 405. The Morgan fingerprint density at radius 2 is 0.426 bits per heavy atom. The highest BCUT2D eigenvalue weighted by molar-refractivity contribution is 14.1. The zero-order valence-corrected chi connectivity index (χ0v) is 38.9. The van der Waals surface area contributed by atoms with Crippen LogP contribution in [0, 0.1) is 0 Å². The molecule has 0 saturated heterocycles. The van der Waals surface area contributed by atoms with Gasteiger partial charge in [0.15, 0.2) is 0 Å². The fourth-order valence-electron chi connectivity index (χ4n) is 5.99. The average molecular weight is 1490 g/mol. The van der Waals surface area contributed by atoms with E-state index in [-0.39, 0.29) is 0 Å². The van der Waals surface area contributed by atoms with E-state index < -0.39 is 178 Å². The number of aromatic nitrogens is 4. The van der Waals surface area contributed by atoms with E-state index in [4.69, 9.17) is 0 Å². The fourth-order valence-corrected chi connectivity index (χ4v) is 8.58. The van der Waals surface area contributed by atoms with E-state index in [1.54, 1.807) is 0 Å². The summed E-state index contributed by atoms with van der Waals surface area (Å²) in [4.78, 5) is 7.79. The normalized spacial score (nSPS) is 16.1. The van der Waals surface area contributed by atoms with Crippen molar-refractivity contribution in [2.24, 2.45) is 0 Å². The van der Waals surface area contributed by atoms with Gasteiger partial charge in [-0.1, -0.05) is 0 Å². The number of nitrogens with zero attached hydrogens (tertiary/aromatic N) is 2. The van der Waals surface area contributed by atoms with Crippen LogP contribution in [0.3, 0.4) is 0 Å². The molecule has 68 heavy (non-hydrogen) atoms. The highest BCUT2D eigenvalue weighted by atomic mass is 127. The summed E-state index contributed by atoms with van der Waals surface area (Å²) in [5.41, 5.74) is -31.5. The van der Waals surface area contributed by atoms with Crippen molar-refractivity contribution in [1.29, 1.82) is 0 Å². The minimum atomic E-state index is -7.54. The Kier molecular flexibility index (Phi) is 13.7. The number of hydrogen-bond acceptors (Lipinski definition) is 2. The fraction of sp³-hybridized carbons (Fsp3) is 0.375. The molecule has 3 aromatic rings. The lowest BCUT2D eigenvalue weighted by atomic mass is 9.99. The molecule has 0 spiro atoms. The van der Waals surface area contributed by atoms with Gasteiger partial charge in [0.25, 0.3) is 0 Å². The SMILES string of the molecule is FC(F)(F)C(F)(F)C(F)(F)c1c2nc(c(C(F)(F)C(F)(F)C(F)(F)F)c3ccc([nH]3)c(C(F)(F)C(F)(F)C(F)(F)F)c3nc(c(C(F)(F)C(F)(F)C(F)(F)F)c4ccc1[nH]4)C(I)=C3I)C(I)=C2I. The lowest BCUT2D eigenvalue weighted by molar-refractivity contribution is -0.359. The second kappa shape index (κ2) is 16.5. The molecule has 0 amide bonds. The summed E-state index contributed by atoms with van der Waals surface area (Å²) in [6, 6.07) is -1.75. The van der Waals surface area contributed by atoms with Crippen molar-refractivity contribution in [2.45, 2.75) is 72.1 Å². The van der Waals surface area contributed by atoms with Crippen LogP contribution in [0.2, 0.25) is 0 Å². The van der Waals surface area contributed by atoms with Gasteiger partial charge in [0.2, 0.25) is 0 Å². The van der Waals surface area contributed by atoms with E-state index in [0.29, 0.717) is 90.4 Å². The first-order valence-electron chi connectivity index (χ1n) is 16.3. The molecule has 0 unspecified atom stereocenters. The first kappa shape index (κ1) is 56.5. The molecule has 0 saturated carbocycles. The maximum absolute atomic E-state index is 16.0. The van der Waals surface area contributed by atoms with Gasteiger partial charge < -0.3 is 9.97 Å². The third-order valence-electron chi connectivity index (χ3n) is 9.32. The Morgan fingerprint density at radius 1 is 0.279 bits per heavy atom. The summed E-state index contributed by atoms with van der Waals surface area (Å²) in [6.45, 7) is 0. The van der Waals surface area contributed by atoms with Crippen LogP contribution in [-0.4, -0.2) is 68.3 Å².